The largest absolute Gasteiger partial charge is 0.368 e. The summed E-state index contributed by atoms with van der Waals surface area (Å²) in [7, 11) is 2.20. The first kappa shape index (κ1) is 17.4. The summed E-state index contributed by atoms with van der Waals surface area (Å²) in [4.78, 5) is 14.0. The molecule has 0 aromatic heterocycles. The van der Waals surface area contributed by atoms with E-state index in [1.165, 1.54) is 13.0 Å². The van der Waals surface area contributed by atoms with Gasteiger partial charge in [0, 0.05) is 6.54 Å². The second-order valence-electron chi connectivity index (χ2n) is 6.82. The number of carbonyl (C=O) groups is 1. The number of unbranched alkanes of at least 4 members (excludes halogenated alkanes) is 1. The second-order valence-corrected chi connectivity index (χ2v) is 6.82. The van der Waals surface area contributed by atoms with Crippen LogP contribution in [0.5, 0.6) is 0 Å². The molecule has 20 heavy (non-hydrogen) atoms. The summed E-state index contributed by atoms with van der Waals surface area (Å²) in [6.07, 6.45) is 5.42. The Bertz CT molecular complexity index is 308. The van der Waals surface area contributed by atoms with Gasteiger partial charge in [-0.15, -0.1) is 0 Å². The van der Waals surface area contributed by atoms with Gasteiger partial charge in [0.25, 0.3) is 0 Å². The van der Waals surface area contributed by atoms with Gasteiger partial charge < -0.3 is 16.0 Å². The van der Waals surface area contributed by atoms with Crippen LogP contribution in [0.1, 0.15) is 52.9 Å². The molecule has 1 aliphatic carbocycles. The van der Waals surface area contributed by atoms with Gasteiger partial charge in [0.05, 0.1) is 5.54 Å². The van der Waals surface area contributed by atoms with E-state index in [0.29, 0.717) is 0 Å². The van der Waals surface area contributed by atoms with Crippen LogP contribution < -0.4 is 11.1 Å². The number of nitrogens with two attached hydrogens (primary N) is 1. The van der Waals surface area contributed by atoms with Gasteiger partial charge in [-0.2, -0.15) is 0 Å². The Labute approximate surface area is 124 Å². The first-order chi connectivity index (χ1) is 9.39. The minimum Gasteiger partial charge on any atom is -0.368 e. The van der Waals surface area contributed by atoms with Crippen LogP contribution in [0.3, 0.4) is 0 Å². The van der Waals surface area contributed by atoms with Crippen LogP contribution in [0.15, 0.2) is 0 Å². The molecular formula is C16H33N3O. The van der Waals surface area contributed by atoms with Crippen molar-refractivity contribution in [3.8, 4) is 0 Å². The van der Waals surface area contributed by atoms with Gasteiger partial charge in [0.1, 0.15) is 0 Å². The Kier molecular flexibility index (Phi) is 6.96. The summed E-state index contributed by atoms with van der Waals surface area (Å²) in [6.45, 7) is 9.55. The molecule has 0 aliphatic heterocycles. The van der Waals surface area contributed by atoms with Gasteiger partial charge in [-0.3, -0.25) is 4.79 Å². The predicted molar refractivity (Wildman–Crippen MR) is 84.5 cm³/mol. The van der Waals surface area contributed by atoms with E-state index in [9.17, 15) is 4.79 Å². The molecule has 0 aromatic carbocycles. The monoisotopic (exact) mass is 283 g/mol. The van der Waals surface area contributed by atoms with E-state index < -0.39 is 5.54 Å². The minimum absolute atomic E-state index is 0.230. The highest BCUT2D eigenvalue weighted by Crippen LogP contribution is 2.37. The Hall–Kier alpha value is -0.610. The maximum Gasteiger partial charge on any atom is 0.237 e. The minimum atomic E-state index is -0.542. The van der Waals surface area contributed by atoms with Crippen LogP contribution in [0.2, 0.25) is 0 Å². The summed E-state index contributed by atoms with van der Waals surface area (Å²) in [6, 6.07) is 0. The molecule has 0 radical (unpaired) electrons. The number of rotatable bonds is 11. The number of hydrogen-bond donors (Lipinski definition) is 2. The van der Waals surface area contributed by atoms with E-state index >= 15 is 0 Å². The molecule has 4 heteroatoms. The third-order valence-corrected chi connectivity index (χ3v) is 4.60. The molecule has 3 N–H and O–H groups in total. The van der Waals surface area contributed by atoms with E-state index in [-0.39, 0.29) is 5.91 Å². The first-order valence-corrected chi connectivity index (χ1v) is 8.12. The van der Waals surface area contributed by atoms with E-state index in [0.717, 1.165) is 50.6 Å². The van der Waals surface area contributed by atoms with Crippen molar-refractivity contribution in [2.45, 2.75) is 58.4 Å². The highest BCUT2D eigenvalue weighted by molar-refractivity contribution is 5.84. The molecule has 0 aromatic rings. The summed E-state index contributed by atoms with van der Waals surface area (Å²) in [5, 5.41) is 3.29. The second kappa shape index (κ2) is 7.99. The van der Waals surface area contributed by atoms with E-state index in [1.807, 2.05) is 6.92 Å². The third-order valence-electron chi connectivity index (χ3n) is 4.60. The third kappa shape index (κ3) is 5.80. The van der Waals surface area contributed by atoms with Crippen molar-refractivity contribution in [3.63, 3.8) is 0 Å². The van der Waals surface area contributed by atoms with Crippen LogP contribution in [-0.2, 0) is 4.79 Å². The van der Waals surface area contributed by atoms with Crippen molar-refractivity contribution in [2.24, 2.45) is 17.6 Å². The standard InChI is InChI=1S/C16H33N3O/c1-5-9-18-16(3,15(17)20)8-6-7-10-19(4)12-14-11-13(14)2/h13-14,18H,5-12H2,1-4H3,(H2,17,20). The number of carbonyl (C=O) groups excluding carboxylic acids is 1. The van der Waals surface area contributed by atoms with E-state index in [1.54, 1.807) is 0 Å². The maximum absolute atomic E-state index is 11.6. The Morgan fingerprint density at radius 3 is 2.60 bits per heavy atom. The van der Waals surface area contributed by atoms with Crippen molar-refractivity contribution < 1.29 is 4.79 Å². The van der Waals surface area contributed by atoms with Crippen LogP contribution >= 0.6 is 0 Å². The van der Waals surface area contributed by atoms with Gasteiger partial charge in [-0.1, -0.05) is 13.8 Å². The van der Waals surface area contributed by atoms with Crippen molar-refractivity contribution in [1.29, 1.82) is 0 Å². The van der Waals surface area contributed by atoms with Crippen molar-refractivity contribution in [2.75, 3.05) is 26.7 Å². The highest BCUT2D eigenvalue weighted by Gasteiger charge is 2.33. The summed E-state index contributed by atoms with van der Waals surface area (Å²) in [5.74, 6) is 1.61. The fourth-order valence-corrected chi connectivity index (χ4v) is 2.70. The van der Waals surface area contributed by atoms with Crippen LogP contribution in [0.25, 0.3) is 0 Å². The van der Waals surface area contributed by atoms with Gasteiger partial charge in [0.2, 0.25) is 5.91 Å². The number of nitrogens with one attached hydrogen (secondary N) is 1. The number of primary amides is 1. The molecule has 4 nitrogen and oxygen atoms in total. The summed E-state index contributed by atoms with van der Waals surface area (Å²) < 4.78 is 0. The molecule has 118 valence electrons. The molecule has 1 amide bonds. The molecule has 1 fully saturated rings. The summed E-state index contributed by atoms with van der Waals surface area (Å²) >= 11 is 0. The van der Waals surface area contributed by atoms with Gasteiger partial charge in [0.15, 0.2) is 0 Å². The molecule has 1 saturated carbocycles. The van der Waals surface area contributed by atoms with E-state index in [4.69, 9.17) is 5.73 Å². The first-order valence-electron chi connectivity index (χ1n) is 8.12. The molecule has 0 heterocycles. The molecule has 0 saturated heterocycles. The highest BCUT2D eigenvalue weighted by atomic mass is 16.1. The molecule has 1 rings (SSSR count). The van der Waals surface area contributed by atoms with Crippen LogP contribution in [-0.4, -0.2) is 43.0 Å². The molecule has 1 aliphatic rings. The van der Waals surface area contributed by atoms with Crippen molar-refractivity contribution in [1.82, 2.24) is 10.2 Å². The summed E-state index contributed by atoms with van der Waals surface area (Å²) in [5.41, 5.74) is 4.99. The smallest absolute Gasteiger partial charge is 0.237 e. The fraction of sp³-hybridized carbons (Fsp3) is 0.938. The average molecular weight is 283 g/mol. The van der Waals surface area contributed by atoms with Gasteiger partial charge in [-0.05, 0) is 71.0 Å². The Balaban J connectivity index is 2.18. The molecular weight excluding hydrogens is 250 g/mol. The molecule has 0 spiro atoms. The Morgan fingerprint density at radius 2 is 2.10 bits per heavy atom. The van der Waals surface area contributed by atoms with Crippen molar-refractivity contribution in [3.05, 3.63) is 0 Å². The molecule has 3 unspecified atom stereocenters. The van der Waals surface area contributed by atoms with Crippen LogP contribution in [0, 0.1) is 11.8 Å². The zero-order valence-electron chi connectivity index (χ0n) is 13.7. The number of amides is 1. The van der Waals surface area contributed by atoms with E-state index in [2.05, 4.69) is 31.1 Å². The number of nitrogens with zero attached hydrogens (tertiary/aromatic N) is 1. The average Bonchev–Trinajstić information content (AvgIpc) is 3.07. The quantitative estimate of drug-likeness (QED) is 0.570. The lowest BCUT2D eigenvalue weighted by Crippen LogP contribution is -2.53. The van der Waals surface area contributed by atoms with Crippen molar-refractivity contribution >= 4 is 5.91 Å². The lowest BCUT2D eigenvalue weighted by atomic mass is 9.93. The van der Waals surface area contributed by atoms with Crippen LogP contribution in [0.4, 0.5) is 0 Å². The lowest BCUT2D eigenvalue weighted by molar-refractivity contribution is -0.124. The molecule has 3 atom stereocenters. The fourth-order valence-electron chi connectivity index (χ4n) is 2.70. The topological polar surface area (TPSA) is 58.4 Å². The van der Waals surface area contributed by atoms with Gasteiger partial charge in [-0.25, -0.2) is 0 Å². The zero-order valence-corrected chi connectivity index (χ0v) is 13.7. The maximum atomic E-state index is 11.6. The zero-order chi connectivity index (χ0) is 15.2. The Morgan fingerprint density at radius 1 is 1.45 bits per heavy atom. The number of hydrogen-bond acceptors (Lipinski definition) is 3. The molecule has 0 bridgehead atoms. The lowest BCUT2D eigenvalue weighted by Gasteiger charge is -2.28. The van der Waals surface area contributed by atoms with Gasteiger partial charge >= 0.3 is 0 Å². The SMILES string of the molecule is CCCNC(C)(CCCCN(C)CC1CC1C)C(N)=O. The predicted octanol–water partition coefficient (Wildman–Crippen LogP) is 1.99. The normalized spacial score (nSPS) is 24.6.